The Morgan fingerprint density at radius 1 is 0.554 bits per heavy atom. The van der Waals surface area contributed by atoms with Crippen LogP contribution < -0.4 is 24.3 Å². The number of benzene rings is 6. The van der Waals surface area contributed by atoms with Crippen LogP contribution in [-0.4, -0.2) is 51.1 Å². The lowest BCUT2D eigenvalue weighted by molar-refractivity contribution is -0.140. The molecule has 378 valence electrons. The summed E-state index contributed by atoms with van der Waals surface area (Å²) in [7, 11) is 0. The average molecular weight is 1040 g/mol. The molecular formula is C57H51Cl2N5O10. The lowest BCUT2D eigenvalue weighted by atomic mass is 9.92. The van der Waals surface area contributed by atoms with Crippen molar-refractivity contribution in [3.8, 4) is 58.4 Å². The van der Waals surface area contributed by atoms with Gasteiger partial charge in [0.1, 0.15) is 49.4 Å². The molecule has 0 saturated carbocycles. The molecule has 6 rings (SSSR count). The summed E-state index contributed by atoms with van der Waals surface area (Å²) < 4.78 is 25.2. The van der Waals surface area contributed by atoms with Gasteiger partial charge in [0.25, 0.3) is 0 Å². The lowest BCUT2D eigenvalue weighted by Crippen LogP contribution is -2.28. The molecule has 0 fully saturated rings. The van der Waals surface area contributed by atoms with Gasteiger partial charge in [-0.3, -0.25) is 9.59 Å². The Morgan fingerprint density at radius 3 is 1.42 bits per heavy atom. The Labute approximate surface area is 438 Å². The first-order valence-corrected chi connectivity index (χ1v) is 24.1. The predicted octanol–water partition coefficient (Wildman–Crippen LogP) is 10.2. The summed E-state index contributed by atoms with van der Waals surface area (Å²) in [6.07, 6.45) is -1.87. The molecule has 74 heavy (non-hydrogen) atoms. The van der Waals surface area contributed by atoms with Crippen molar-refractivity contribution in [2.45, 2.75) is 91.1 Å². The highest BCUT2D eigenvalue weighted by molar-refractivity contribution is 6.32. The van der Waals surface area contributed by atoms with Crippen LogP contribution in [0.1, 0.15) is 92.4 Å². The van der Waals surface area contributed by atoms with Gasteiger partial charge in [-0.1, -0.05) is 59.6 Å². The van der Waals surface area contributed by atoms with Crippen molar-refractivity contribution in [1.29, 1.82) is 21.0 Å². The first-order valence-electron chi connectivity index (χ1n) is 23.3. The largest absolute Gasteiger partial charge is 0.488 e. The van der Waals surface area contributed by atoms with Crippen molar-refractivity contribution in [3.05, 3.63) is 174 Å². The van der Waals surface area contributed by atoms with Crippen molar-refractivity contribution in [3.63, 3.8) is 0 Å². The van der Waals surface area contributed by atoms with Gasteiger partial charge in [0, 0.05) is 30.8 Å². The minimum absolute atomic E-state index is 0.00341. The molecule has 5 N–H and O–H groups in total. The second kappa shape index (κ2) is 26.5. The highest BCUT2D eigenvalue weighted by Crippen LogP contribution is 2.38. The Balaban J connectivity index is 1.20. The van der Waals surface area contributed by atoms with E-state index in [2.05, 4.69) is 29.6 Å². The van der Waals surface area contributed by atoms with E-state index in [-0.39, 0.29) is 57.4 Å². The van der Waals surface area contributed by atoms with Crippen molar-refractivity contribution in [2.75, 3.05) is 6.54 Å². The maximum atomic E-state index is 11.1. The first-order chi connectivity index (χ1) is 35.6. The van der Waals surface area contributed by atoms with E-state index in [9.17, 15) is 40.8 Å². The fraction of sp³-hybridized carbons (Fsp3) is 0.263. The van der Waals surface area contributed by atoms with Crippen molar-refractivity contribution < 1.29 is 49.0 Å². The molecule has 0 radical (unpaired) electrons. The molecule has 0 amide bonds. The number of nitrogens with zero attached hydrogens (tertiary/aromatic N) is 4. The third-order valence-electron chi connectivity index (χ3n) is 12.0. The van der Waals surface area contributed by atoms with Crippen LogP contribution in [0.3, 0.4) is 0 Å². The highest BCUT2D eigenvalue weighted by Gasteiger charge is 2.19. The third-order valence-corrected chi connectivity index (χ3v) is 12.6. The Morgan fingerprint density at radius 2 is 0.973 bits per heavy atom. The Kier molecular flexibility index (Phi) is 19.8. The minimum Gasteiger partial charge on any atom is -0.488 e. The minimum atomic E-state index is -1.13. The molecule has 0 unspecified atom stereocenters. The molecule has 0 aliphatic carbocycles. The number of hydrogen-bond acceptors (Lipinski definition) is 13. The maximum Gasteiger partial charge on any atom is 0.306 e. The van der Waals surface area contributed by atoms with Crippen LogP contribution in [0.4, 0.5) is 0 Å². The zero-order valence-electron chi connectivity index (χ0n) is 40.5. The molecule has 0 aliphatic rings. The molecule has 0 saturated heterocycles. The standard InChI is InChI=1S/C57H51Cl2N5O10/c1-34-43(32-73-54-22-52(71-30-40-14-36(24-60)12-37(15-40)25-61)42(18-50(54)58)6-3-9-46(65)20-56(67)68)7-4-10-48(34)49-11-5-8-44(35(49)2)33-74-55-23-53(72-31-41-16-38(26-62)13-39(17-41)27-63)45(19-51(55)59)28-64-29-47(66)21-57(69)70/h4-5,7-8,10-19,22-23,46-47,64-66H,3,6,9,20-21,28-33H2,1-2H3,(H,67,68)(H,69,70)/t46-,47+/m1/s1. The monoisotopic (exact) mass is 1040 g/mol. The Bertz CT molecular complexity index is 2930. The van der Waals surface area contributed by atoms with Gasteiger partial charge in [0.2, 0.25) is 0 Å². The van der Waals surface area contributed by atoms with E-state index in [0.717, 1.165) is 33.4 Å². The summed E-state index contributed by atoms with van der Waals surface area (Å²) in [6, 6.07) is 36.3. The van der Waals surface area contributed by atoms with Crippen LogP contribution >= 0.6 is 23.2 Å². The number of carbonyl (C=O) groups is 2. The fourth-order valence-corrected chi connectivity index (χ4v) is 8.64. The van der Waals surface area contributed by atoms with Crippen LogP contribution in [0.15, 0.2) is 97.1 Å². The zero-order chi connectivity index (χ0) is 53.3. The number of halogens is 2. The van der Waals surface area contributed by atoms with Crippen molar-refractivity contribution in [2.24, 2.45) is 0 Å². The molecule has 0 bridgehead atoms. The van der Waals surface area contributed by atoms with Gasteiger partial charge in [0.15, 0.2) is 0 Å². The number of aryl methyl sites for hydroxylation is 1. The molecule has 0 spiro atoms. The van der Waals surface area contributed by atoms with Crippen molar-refractivity contribution >= 4 is 35.1 Å². The van der Waals surface area contributed by atoms with Gasteiger partial charge in [-0.25, -0.2) is 0 Å². The molecule has 6 aromatic carbocycles. The molecule has 15 nitrogen and oxygen atoms in total. The van der Waals surface area contributed by atoms with E-state index in [0.29, 0.717) is 85.4 Å². The number of rotatable bonds is 25. The summed E-state index contributed by atoms with van der Waals surface area (Å²) >= 11 is 13.6. The van der Waals surface area contributed by atoms with E-state index in [1.807, 2.05) is 50.2 Å². The summed E-state index contributed by atoms with van der Waals surface area (Å²) in [6.45, 7) is 4.43. The zero-order valence-corrected chi connectivity index (χ0v) is 42.0. The highest BCUT2D eigenvalue weighted by atomic mass is 35.5. The topological polar surface area (TPSA) is 259 Å². The number of ether oxygens (including phenoxy) is 4. The number of nitriles is 4. The number of aliphatic carboxylic acids is 2. The van der Waals surface area contributed by atoms with E-state index >= 15 is 0 Å². The number of aliphatic hydroxyl groups excluding tert-OH is 2. The molecule has 0 aromatic heterocycles. The van der Waals surface area contributed by atoms with Gasteiger partial charge in [-0.2, -0.15) is 21.0 Å². The van der Waals surface area contributed by atoms with Crippen LogP contribution in [0, 0.1) is 59.2 Å². The summed E-state index contributed by atoms with van der Waals surface area (Å²) in [5.74, 6) is -0.770. The normalized spacial score (nSPS) is 11.5. The number of hydrogen-bond donors (Lipinski definition) is 5. The second-order valence-corrected chi connectivity index (χ2v) is 18.2. The number of carboxylic acid groups (broad SMARTS) is 2. The molecular weight excluding hydrogens is 986 g/mol. The average Bonchev–Trinajstić information content (AvgIpc) is 3.37. The number of nitrogens with one attached hydrogen (secondary N) is 1. The summed E-state index contributed by atoms with van der Waals surface area (Å²) in [4.78, 5) is 22.2. The summed E-state index contributed by atoms with van der Waals surface area (Å²) in [5.41, 5.74) is 9.26. The molecule has 2 atom stereocenters. The van der Waals surface area contributed by atoms with Gasteiger partial charge in [-0.05, 0) is 132 Å². The van der Waals surface area contributed by atoms with Crippen LogP contribution in [-0.2, 0) is 49.0 Å². The molecule has 0 aliphatic heterocycles. The summed E-state index contributed by atoms with van der Waals surface area (Å²) in [5, 5.41) is 80.2. The third kappa shape index (κ3) is 15.4. The van der Waals surface area contributed by atoms with Gasteiger partial charge < -0.3 is 44.7 Å². The predicted molar refractivity (Wildman–Crippen MR) is 274 cm³/mol. The number of aliphatic hydroxyl groups is 2. The van der Waals surface area contributed by atoms with E-state index in [1.165, 1.54) is 12.1 Å². The fourth-order valence-electron chi connectivity index (χ4n) is 8.16. The smallest absolute Gasteiger partial charge is 0.306 e. The maximum absolute atomic E-state index is 11.1. The SMILES string of the molecule is Cc1c(COc2cc(OCc3cc(C#N)cc(C#N)c3)c(CCC[C@@H](O)CC(=O)O)cc2Cl)cccc1-c1cccc(COc2cc(OCc3cc(C#N)cc(C#N)c3)c(CNC[C@@H](O)CC(=O)O)cc2Cl)c1C. The van der Waals surface area contributed by atoms with Gasteiger partial charge in [-0.15, -0.1) is 0 Å². The second-order valence-electron chi connectivity index (χ2n) is 17.4. The van der Waals surface area contributed by atoms with Gasteiger partial charge in [0.05, 0.1) is 81.6 Å². The molecule has 0 heterocycles. The quantitative estimate of drug-likeness (QED) is 0.0357. The van der Waals surface area contributed by atoms with E-state index in [1.54, 1.807) is 48.5 Å². The van der Waals surface area contributed by atoms with Crippen molar-refractivity contribution in [1.82, 2.24) is 5.32 Å². The lowest BCUT2D eigenvalue weighted by Gasteiger charge is -2.19. The first kappa shape index (κ1) is 55.2. The molecule has 17 heteroatoms. The van der Waals surface area contributed by atoms with Crippen LogP contribution in [0.5, 0.6) is 23.0 Å². The molecule has 6 aromatic rings. The Hall–Kier alpha value is -8.12. The van der Waals surface area contributed by atoms with E-state index < -0.39 is 30.6 Å². The number of carboxylic acids is 2. The van der Waals surface area contributed by atoms with Gasteiger partial charge >= 0.3 is 11.9 Å². The van der Waals surface area contributed by atoms with Crippen LogP contribution in [0.25, 0.3) is 11.1 Å². The van der Waals surface area contributed by atoms with Crippen LogP contribution in [0.2, 0.25) is 10.0 Å². The van der Waals surface area contributed by atoms with E-state index in [4.69, 9.17) is 52.4 Å².